The summed E-state index contributed by atoms with van der Waals surface area (Å²) in [5.41, 5.74) is 1.44. The number of hydrogen-bond acceptors (Lipinski definition) is 4. The number of halogens is 1. The van der Waals surface area contributed by atoms with Gasteiger partial charge < -0.3 is 14.8 Å². The average Bonchev–Trinajstić information content (AvgIpc) is 2.27. The van der Waals surface area contributed by atoms with Crippen LogP contribution in [-0.4, -0.2) is 33.6 Å². The van der Waals surface area contributed by atoms with Crippen LogP contribution in [0, 0.1) is 0 Å². The smallest absolute Gasteiger partial charge is 0.262 e. The lowest BCUT2D eigenvalue weighted by molar-refractivity contribution is -0.242. The van der Waals surface area contributed by atoms with Crippen LogP contribution in [-0.2, 0) is 17.7 Å². The number of ether oxygens (including phenoxy) is 1. The van der Waals surface area contributed by atoms with Gasteiger partial charge in [0.15, 0.2) is 0 Å². The van der Waals surface area contributed by atoms with E-state index in [1.807, 2.05) is 31.7 Å². The van der Waals surface area contributed by atoms with Crippen molar-refractivity contribution in [2.75, 3.05) is 6.54 Å². The second-order valence-corrected chi connectivity index (χ2v) is 6.58. The summed E-state index contributed by atoms with van der Waals surface area (Å²) in [6.07, 6.45) is -0.235. The van der Waals surface area contributed by atoms with Crippen molar-refractivity contribution in [3.05, 3.63) is 32.2 Å². The lowest BCUT2D eigenvalue weighted by Crippen LogP contribution is -2.44. The number of nitrogens with one attached hydrogen (secondary N) is 1. The van der Waals surface area contributed by atoms with Crippen LogP contribution in [0.15, 0.2) is 15.3 Å². The largest absolute Gasteiger partial charge is 0.356 e. The number of aliphatic hydroxyl groups excluding tert-OH is 1. The second-order valence-electron chi connectivity index (χ2n) is 5.73. The molecule has 5 nitrogen and oxygen atoms in total. The molecule has 2 heterocycles. The molecule has 6 heteroatoms. The van der Waals surface area contributed by atoms with Crippen molar-refractivity contribution in [1.29, 1.82) is 0 Å². The Bertz CT molecular complexity index is 522. The highest BCUT2D eigenvalue weighted by atomic mass is 79.9. The van der Waals surface area contributed by atoms with Gasteiger partial charge in [0.25, 0.3) is 5.56 Å². The zero-order chi connectivity index (χ0) is 14.2. The molecule has 0 spiro atoms. The maximum Gasteiger partial charge on any atom is 0.262 e. The molecule has 0 bridgehead atoms. The minimum Gasteiger partial charge on any atom is -0.356 e. The first-order valence-corrected chi connectivity index (χ1v) is 7.06. The molecule has 0 amide bonds. The number of rotatable bonds is 2. The van der Waals surface area contributed by atoms with Crippen LogP contribution in [0.5, 0.6) is 0 Å². The molecule has 0 saturated carbocycles. The summed E-state index contributed by atoms with van der Waals surface area (Å²) in [7, 11) is 0. The van der Waals surface area contributed by atoms with Gasteiger partial charge in [-0.3, -0.25) is 9.69 Å². The Morgan fingerprint density at radius 3 is 2.84 bits per heavy atom. The average molecular weight is 331 g/mol. The van der Waals surface area contributed by atoms with Gasteiger partial charge in [0, 0.05) is 25.2 Å². The molecular formula is C13H19BrN2O3. The molecule has 2 N–H and O–H groups in total. The van der Waals surface area contributed by atoms with E-state index in [2.05, 4.69) is 20.9 Å². The van der Waals surface area contributed by atoms with Gasteiger partial charge in [-0.1, -0.05) is 0 Å². The quantitative estimate of drug-likeness (QED) is 0.808. The maximum atomic E-state index is 11.5. The molecule has 0 aliphatic carbocycles. The Labute approximate surface area is 120 Å². The summed E-state index contributed by atoms with van der Waals surface area (Å²) in [6.45, 7) is 6.93. The summed E-state index contributed by atoms with van der Waals surface area (Å²) in [6, 6.07) is 1.81. The van der Waals surface area contributed by atoms with Gasteiger partial charge in [-0.15, -0.1) is 0 Å². The SMILES string of the molecule is CC(C)(C)OC(O)N1CCc2[nH]c(=O)c(Br)cc2C1. The van der Waals surface area contributed by atoms with E-state index in [-0.39, 0.29) is 5.56 Å². The van der Waals surface area contributed by atoms with Crippen LogP contribution in [0.4, 0.5) is 0 Å². The first-order chi connectivity index (χ1) is 8.76. The third-order valence-electron chi connectivity index (χ3n) is 2.96. The van der Waals surface area contributed by atoms with Crippen molar-refractivity contribution in [2.45, 2.75) is 45.8 Å². The highest BCUT2D eigenvalue weighted by Crippen LogP contribution is 2.21. The van der Waals surface area contributed by atoms with Crippen LogP contribution in [0.3, 0.4) is 0 Å². The Hall–Kier alpha value is -0.690. The van der Waals surface area contributed by atoms with Gasteiger partial charge in [0.2, 0.25) is 6.41 Å². The molecule has 1 unspecified atom stereocenters. The van der Waals surface area contributed by atoms with Gasteiger partial charge in [-0.2, -0.15) is 0 Å². The van der Waals surface area contributed by atoms with E-state index in [1.54, 1.807) is 0 Å². The van der Waals surface area contributed by atoms with E-state index in [0.29, 0.717) is 24.0 Å². The molecule has 2 rings (SSSR count). The second kappa shape index (κ2) is 5.36. The predicted octanol–water partition coefficient (Wildman–Crippen LogP) is 1.59. The van der Waals surface area contributed by atoms with Gasteiger partial charge in [-0.25, -0.2) is 0 Å². The first-order valence-electron chi connectivity index (χ1n) is 6.27. The fourth-order valence-electron chi connectivity index (χ4n) is 2.08. The third-order valence-corrected chi connectivity index (χ3v) is 3.55. The summed E-state index contributed by atoms with van der Waals surface area (Å²) < 4.78 is 6.06. The monoisotopic (exact) mass is 330 g/mol. The van der Waals surface area contributed by atoms with E-state index >= 15 is 0 Å². The van der Waals surface area contributed by atoms with Crippen LogP contribution < -0.4 is 5.56 Å². The Kier molecular flexibility index (Phi) is 4.15. The summed E-state index contributed by atoms with van der Waals surface area (Å²) >= 11 is 3.22. The van der Waals surface area contributed by atoms with Crippen molar-refractivity contribution in [3.63, 3.8) is 0 Å². The number of H-pyrrole nitrogens is 1. The standard InChI is InChI=1S/C13H19BrN2O3/c1-13(2,3)19-12(18)16-5-4-10-8(7-16)6-9(14)11(17)15-10/h6,12,18H,4-5,7H2,1-3H3,(H,15,17). The molecule has 1 aliphatic rings. The molecule has 1 aromatic heterocycles. The number of hydrogen-bond donors (Lipinski definition) is 2. The first kappa shape index (κ1) is 14.7. The van der Waals surface area contributed by atoms with Crippen molar-refractivity contribution < 1.29 is 9.84 Å². The Balaban J connectivity index is 2.14. The molecule has 19 heavy (non-hydrogen) atoms. The summed E-state index contributed by atoms with van der Waals surface area (Å²) in [5.74, 6) is 0. The van der Waals surface area contributed by atoms with E-state index in [4.69, 9.17) is 4.74 Å². The number of nitrogens with zero attached hydrogens (tertiary/aromatic N) is 1. The van der Waals surface area contributed by atoms with Gasteiger partial charge in [0.05, 0.1) is 10.1 Å². The van der Waals surface area contributed by atoms with E-state index in [9.17, 15) is 9.90 Å². The van der Waals surface area contributed by atoms with Crippen LogP contribution in [0.2, 0.25) is 0 Å². The molecule has 0 radical (unpaired) electrons. The molecule has 0 aromatic carbocycles. The predicted molar refractivity (Wildman–Crippen MR) is 75.7 cm³/mol. The van der Waals surface area contributed by atoms with Crippen LogP contribution >= 0.6 is 15.9 Å². The molecule has 1 aliphatic heterocycles. The molecular weight excluding hydrogens is 312 g/mol. The highest BCUT2D eigenvalue weighted by Gasteiger charge is 2.26. The minimum atomic E-state index is -0.932. The van der Waals surface area contributed by atoms with E-state index in [0.717, 1.165) is 11.3 Å². The van der Waals surface area contributed by atoms with Crippen LogP contribution in [0.25, 0.3) is 0 Å². The van der Waals surface area contributed by atoms with Crippen molar-refractivity contribution >= 4 is 15.9 Å². The van der Waals surface area contributed by atoms with E-state index < -0.39 is 12.0 Å². The topological polar surface area (TPSA) is 65.6 Å². The molecule has 0 fully saturated rings. The normalized spacial score (nSPS) is 18.2. The fourth-order valence-corrected chi connectivity index (χ4v) is 2.45. The highest BCUT2D eigenvalue weighted by molar-refractivity contribution is 9.10. The maximum absolute atomic E-state index is 11.5. The molecule has 106 valence electrons. The number of aromatic amines is 1. The molecule has 1 aromatic rings. The van der Waals surface area contributed by atoms with Crippen LogP contribution in [0.1, 0.15) is 32.0 Å². The lowest BCUT2D eigenvalue weighted by Gasteiger charge is -2.35. The Morgan fingerprint density at radius 2 is 2.21 bits per heavy atom. The number of fused-ring (bicyclic) bond motifs is 1. The lowest BCUT2D eigenvalue weighted by atomic mass is 10.1. The van der Waals surface area contributed by atoms with Crippen molar-refractivity contribution in [1.82, 2.24) is 9.88 Å². The zero-order valence-corrected chi connectivity index (χ0v) is 13.0. The van der Waals surface area contributed by atoms with Crippen molar-refractivity contribution in [3.8, 4) is 0 Å². The van der Waals surface area contributed by atoms with Gasteiger partial charge in [0.1, 0.15) is 0 Å². The third kappa shape index (κ3) is 3.66. The van der Waals surface area contributed by atoms with Crippen molar-refractivity contribution in [2.24, 2.45) is 0 Å². The number of pyridine rings is 1. The van der Waals surface area contributed by atoms with Gasteiger partial charge >= 0.3 is 0 Å². The summed E-state index contributed by atoms with van der Waals surface area (Å²) in [4.78, 5) is 16.2. The molecule has 1 atom stereocenters. The number of aromatic nitrogens is 1. The molecule has 0 saturated heterocycles. The van der Waals surface area contributed by atoms with Gasteiger partial charge in [-0.05, 0) is 48.3 Å². The number of aliphatic hydroxyl groups is 1. The minimum absolute atomic E-state index is 0.112. The summed E-state index contributed by atoms with van der Waals surface area (Å²) in [5, 5.41) is 10.1. The Morgan fingerprint density at radius 1 is 1.53 bits per heavy atom. The zero-order valence-electron chi connectivity index (χ0n) is 11.4. The van der Waals surface area contributed by atoms with E-state index in [1.165, 1.54) is 0 Å². The fraction of sp³-hybridized carbons (Fsp3) is 0.615.